The first-order valence-corrected chi connectivity index (χ1v) is 15.4. The summed E-state index contributed by atoms with van der Waals surface area (Å²) in [5.41, 5.74) is 5.62. The Morgan fingerprint density at radius 3 is 2.49 bits per heavy atom. The molecule has 2 aromatic carbocycles. The number of aryl methyl sites for hydroxylation is 1. The van der Waals surface area contributed by atoms with Crippen LogP contribution in [0, 0.1) is 12.3 Å². The first-order chi connectivity index (χ1) is 19.4. The van der Waals surface area contributed by atoms with Gasteiger partial charge in [-0.25, -0.2) is 4.98 Å². The van der Waals surface area contributed by atoms with Crippen LogP contribution in [0.25, 0.3) is 10.4 Å². The Balaban J connectivity index is 1.34. The number of β-amino-alcohol motifs (C(OH)–C–C–N with tert-alkyl or cyclic N) is 1. The SMILES string of the molecule is Cc1ncsc1-c1ccc([C@H](C)NC(=O)[C@@H]2C[C@@H](O)CN2C(=O)[C@@H](N2Cc3c(Br)cccc3C2=O)C(C)(C)C)cc1. The Hall–Kier alpha value is -3.08. The van der Waals surface area contributed by atoms with Gasteiger partial charge in [-0.15, -0.1) is 11.3 Å². The maximum absolute atomic E-state index is 14.2. The molecular formula is C31H35BrN4O4S. The third-order valence-corrected chi connectivity index (χ3v) is 9.67. The van der Waals surface area contributed by atoms with Crippen LogP contribution in [0.2, 0.25) is 0 Å². The van der Waals surface area contributed by atoms with E-state index in [1.807, 2.05) is 76.5 Å². The van der Waals surface area contributed by atoms with E-state index in [9.17, 15) is 19.5 Å². The van der Waals surface area contributed by atoms with Crippen molar-refractivity contribution in [3.8, 4) is 10.4 Å². The van der Waals surface area contributed by atoms with Crippen molar-refractivity contribution in [1.29, 1.82) is 0 Å². The third-order valence-electron chi connectivity index (χ3n) is 7.95. The summed E-state index contributed by atoms with van der Waals surface area (Å²) in [7, 11) is 0. The molecule has 41 heavy (non-hydrogen) atoms. The molecular weight excluding hydrogens is 604 g/mol. The number of hydrogen-bond acceptors (Lipinski definition) is 6. The highest BCUT2D eigenvalue weighted by Gasteiger charge is 2.49. The number of likely N-dealkylation sites (tertiary alicyclic amines) is 1. The molecule has 1 aromatic heterocycles. The number of aromatic nitrogens is 1. The lowest BCUT2D eigenvalue weighted by Crippen LogP contribution is -2.58. The maximum Gasteiger partial charge on any atom is 0.255 e. The van der Waals surface area contributed by atoms with Crippen LogP contribution in [0.15, 0.2) is 52.4 Å². The molecule has 0 bridgehead atoms. The van der Waals surface area contributed by atoms with E-state index in [2.05, 4.69) is 26.2 Å². The van der Waals surface area contributed by atoms with Crippen molar-refractivity contribution in [2.75, 3.05) is 6.54 Å². The average molecular weight is 640 g/mol. The Kier molecular flexibility index (Phi) is 8.11. The van der Waals surface area contributed by atoms with Gasteiger partial charge in [0.15, 0.2) is 0 Å². The Morgan fingerprint density at radius 2 is 1.88 bits per heavy atom. The van der Waals surface area contributed by atoms with Crippen LogP contribution >= 0.6 is 27.3 Å². The summed E-state index contributed by atoms with van der Waals surface area (Å²) in [6, 6.07) is 11.5. The fourth-order valence-corrected chi connectivity index (χ4v) is 7.16. The summed E-state index contributed by atoms with van der Waals surface area (Å²) in [5, 5.41) is 13.6. The molecule has 0 radical (unpaired) electrons. The van der Waals surface area contributed by atoms with Crippen LogP contribution < -0.4 is 5.32 Å². The largest absolute Gasteiger partial charge is 0.391 e. The standard InChI is InChI=1S/C31H35BrN4O4S/c1-17(19-9-11-20(12-10-19)26-18(2)33-16-41-26)34-28(38)25-13-21(37)14-35(25)30(40)27(31(3,4)5)36-15-23-22(29(36)39)7-6-8-24(23)32/h6-12,16-17,21,25,27,37H,13-15H2,1-5H3,(H,34,38)/t17-,21+,25-,27+/m0/s1. The highest BCUT2D eigenvalue weighted by atomic mass is 79.9. The second-order valence-electron chi connectivity index (χ2n) is 12.0. The zero-order chi connectivity index (χ0) is 29.6. The lowest BCUT2D eigenvalue weighted by atomic mass is 9.84. The van der Waals surface area contributed by atoms with E-state index in [0.29, 0.717) is 12.1 Å². The molecule has 2 aliphatic heterocycles. The van der Waals surface area contributed by atoms with Crippen LogP contribution in [0.3, 0.4) is 0 Å². The number of rotatable bonds is 6. The Bertz CT molecular complexity index is 1480. The number of carbonyl (C=O) groups excluding carboxylic acids is 3. The van der Waals surface area contributed by atoms with E-state index in [1.54, 1.807) is 22.3 Å². The number of aliphatic hydroxyl groups excluding tert-OH is 1. The van der Waals surface area contributed by atoms with E-state index in [1.165, 1.54) is 4.90 Å². The van der Waals surface area contributed by atoms with Gasteiger partial charge in [0.2, 0.25) is 11.8 Å². The monoisotopic (exact) mass is 638 g/mol. The van der Waals surface area contributed by atoms with Gasteiger partial charge in [-0.05, 0) is 48.1 Å². The molecule has 3 heterocycles. The van der Waals surface area contributed by atoms with E-state index < -0.39 is 23.6 Å². The zero-order valence-corrected chi connectivity index (χ0v) is 26.3. The van der Waals surface area contributed by atoms with E-state index in [-0.39, 0.29) is 36.7 Å². The molecule has 10 heteroatoms. The summed E-state index contributed by atoms with van der Waals surface area (Å²) >= 11 is 5.13. The van der Waals surface area contributed by atoms with Crippen molar-refractivity contribution in [3.05, 3.63) is 74.8 Å². The summed E-state index contributed by atoms with van der Waals surface area (Å²) in [6.07, 6.45) is -0.682. The van der Waals surface area contributed by atoms with Crippen LogP contribution in [-0.4, -0.2) is 62.3 Å². The minimum atomic E-state index is -0.837. The quantitative estimate of drug-likeness (QED) is 0.391. The molecule has 0 saturated carbocycles. The molecule has 0 spiro atoms. The molecule has 8 nitrogen and oxygen atoms in total. The molecule has 2 aliphatic rings. The number of halogens is 1. The number of benzene rings is 2. The first-order valence-electron chi connectivity index (χ1n) is 13.7. The van der Waals surface area contributed by atoms with Gasteiger partial charge in [0.05, 0.1) is 28.2 Å². The lowest BCUT2D eigenvalue weighted by molar-refractivity contribution is -0.145. The number of nitrogens with zero attached hydrogens (tertiary/aromatic N) is 3. The van der Waals surface area contributed by atoms with E-state index in [0.717, 1.165) is 31.7 Å². The Morgan fingerprint density at radius 1 is 1.17 bits per heavy atom. The number of hydrogen-bond donors (Lipinski definition) is 2. The number of carbonyl (C=O) groups is 3. The van der Waals surface area contributed by atoms with Crippen LogP contribution in [0.1, 0.15) is 67.3 Å². The smallest absolute Gasteiger partial charge is 0.255 e. The molecule has 3 amide bonds. The lowest BCUT2D eigenvalue weighted by Gasteiger charge is -2.40. The second-order valence-corrected chi connectivity index (χ2v) is 13.7. The van der Waals surface area contributed by atoms with E-state index >= 15 is 0 Å². The predicted octanol–water partition coefficient (Wildman–Crippen LogP) is 5.09. The van der Waals surface area contributed by atoms with Crippen LogP contribution in [0.5, 0.6) is 0 Å². The van der Waals surface area contributed by atoms with Crippen LogP contribution in [-0.2, 0) is 16.1 Å². The third kappa shape index (κ3) is 5.69. The normalized spacial score (nSPS) is 20.2. The van der Waals surface area contributed by atoms with Gasteiger partial charge in [0, 0.05) is 29.5 Å². The van der Waals surface area contributed by atoms with Gasteiger partial charge in [0.1, 0.15) is 12.1 Å². The van der Waals surface area contributed by atoms with Gasteiger partial charge < -0.3 is 20.2 Å². The molecule has 1 saturated heterocycles. The molecule has 4 atom stereocenters. The fourth-order valence-electron chi connectivity index (χ4n) is 5.85. The number of thiazole rings is 1. The number of nitrogens with one attached hydrogen (secondary N) is 1. The second kappa shape index (κ2) is 11.3. The van der Waals surface area contributed by atoms with Gasteiger partial charge in [-0.2, -0.15) is 0 Å². The number of fused-ring (bicyclic) bond motifs is 1. The molecule has 2 N–H and O–H groups in total. The number of amides is 3. The topological polar surface area (TPSA) is 103 Å². The molecule has 0 aliphatic carbocycles. The van der Waals surface area contributed by atoms with Gasteiger partial charge in [-0.3, -0.25) is 14.4 Å². The maximum atomic E-state index is 14.2. The predicted molar refractivity (Wildman–Crippen MR) is 162 cm³/mol. The molecule has 0 unspecified atom stereocenters. The molecule has 3 aromatic rings. The van der Waals surface area contributed by atoms with Gasteiger partial charge in [-0.1, -0.05) is 67.0 Å². The van der Waals surface area contributed by atoms with Crippen molar-refractivity contribution in [2.45, 2.75) is 71.8 Å². The average Bonchev–Trinajstić information content (AvgIpc) is 3.61. The van der Waals surface area contributed by atoms with Crippen molar-refractivity contribution < 1.29 is 19.5 Å². The van der Waals surface area contributed by atoms with E-state index in [4.69, 9.17) is 0 Å². The minimum absolute atomic E-state index is 0.0411. The van der Waals surface area contributed by atoms with Crippen LogP contribution in [0.4, 0.5) is 0 Å². The first kappa shape index (κ1) is 29.4. The highest BCUT2D eigenvalue weighted by Crippen LogP contribution is 2.37. The number of aliphatic hydroxyl groups is 1. The van der Waals surface area contributed by atoms with Crippen molar-refractivity contribution in [3.63, 3.8) is 0 Å². The Labute approximate surface area is 252 Å². The van der Waals surface area contributed by atoms with Crippen molar-refractivity contribution in [1.82, 2.24) is 20.1 Å². The molecule has 216 valence electrons. The van der Waals surface area contributed by atoms with Crippen molar-refractivity contribution >= 4 is 45.0 Å². The highest BCUT2D eigenvalue weighted by molar-refractivity contribution is 9.10. The molecule has 1 fully saturated rings. The zero-order valence-electron chi connectivity index (χ0n) is 23.8. The molecule has 5 rings (SSSR count). The minimum Gasteiger partial charge on any atom is -0.391 e. The summed E-state index contributed by atoms with van der Waals surface area (Å²) in [4.78, 5) is 49.7. The van der Waals surface area contributed by atoms with Crippen molar-refractivity contribution in [2.24, 2.45) is 5.41 Å². The van der Waals surface area contributed by atoms with Gasteiger partial charge in [0.25, 0.3) is 5.91 Å². The fraction of sp³-hybridized carbons (Fsp3) is 0.419. The summed E-state index contributed by atoms with van der Waals surface area (Å²) in [6.45, 7) is 9.97. The summed E-state index contributed by atoms with van der Waals surface area (Å²) in [5.74, 6) is -0.861. The van der Waals surface area contributed by atoms with Gasteiger partial charge >= 0.3 is 0 Å². The summed E-state index contributed by atoms with van der Waals surface area (Å²) < 4.78 is 0.823.